The maximum Gasteiger partial charge on any atom is 0.324 e. The van der Waals surface area contributed by atoms with Crippen molar-refractivity contribution in [1.82, 2.24) is 20.3 Å². The first-order valence-electron chi connectivity index (χ1n) is 12.5. The molecule has 11 nitrogen and oxygen atoms in total. The Kier molecular flexibility index (Phi) is 8.93. The van der Waals surface area contributed by atoms with Crippen molar-refractivity contribution in [3.63, 3.8) is 0 Å². The Morgan fingerprint density at radius 1 is 1.10 bits per heavy atom. The predicted molar refractivity (Wildman–Crippen MR) is 162 cm³/mol. The summed E-state index contributed by atoms with van der Waals surface area (Å²) in [6, 6.07) is 13.5. The molecule has 212 valence electrons. The molecular weight excluding hydrogens is 542 g/mol. The van der Waals surface area contributed by atoms with Crippen LogP contribution in [0, 0.1) is 5.41 Å². The van der Waals surface area contributed by atoms with Gasteiger partial charge in [0.1, 0.15) is 22.9 Å². The van der Waals surface area contributed by atoms with Crippen molar-refractivity contribution < 1.29 is 14.3 Å². The first kappa shape index (κ1) is 29.2. The number of urea groups is 1. The van der Waals surface area contributed by atoms with Gasteiger partial charge in [0.15, 0.2) is 11.4 Å². The van der Waals surface area contributed by atoms with Crippen molar-refractivity contribution in [3.8, 4) is 17.2 Å². The molecule has 2 aromatic heterocycles. The number of nitrogens with one attached hydrogen (secondary N) is 3. The molecule has 0 atom stereocenters. The van der Waals surface area contributed by atoms with Crippen LogP contribution >= 0.6 is 11.8 Å². The Hall–Kier alpha value is -4.84. The highest BCUT2D eigenvalue weighted by Gasteiger charge is 2.16. The molecule has 4 aromatic rings. The van der Waals surface area contributed by atoms with E-state index in [9.17, 15) is 9.59 Å². The number of nitrogens with two attached hydrogens (primary N) is 1. The molecule has 2 heterocycles. The number of H-pyrrole nitrogens is 1. The SMILES string of the molecule is COc1ccc(N=C(/C=C(\N)C(C)(C)C)NC(=O)Nc2ccc(Oc3ccnc4[nH]c(=O)cnc34)cc2SC)cc1. The standard InChI is InChI=1S/C29H31N7O4S/c1-29(2,3)23(30)15-24(33-17-6-8-18(39-4)9-7-17)35-28(38)34-20-11-10-19(14-22(20)41-5)40-21-12-13-31-27-26(21)32-16-25(37)36-27/h6-16H,30H2,1-5H3,(H,31,36,37)(H2,33,34,35,38)/b23-15-. The van der Waals surface area contributed by atoms with Crippen LogP contribution in [0.1, 0.15) is 20.8 Å². The summed E-state index contributed by atoms with van der Waals surface area (Å²) in [4.78, 5) is 40.9. The van der Waals surface area contributed by atoms with Gasteiger partial charge in [-0.25, -0.2) is 19.8 Å². The number of amidine groups is 1. The van der Waals surface area contributed by atoms with Crippen LogP contribution in [0.2, 0.25) is 0 Å². The summed E-state index contributed by atoms with van der Waals surface area (Å²) >= 11 is 1.43. The predicted octanol–water partition coefficient (Wildman–Crippen LogP) is 5.58. The molecule has 2 amide bonds. The lowest BCUT2D eigenvalue weighted by molar-refractivity contribution is 0.256. The average molecular weight is 574 g/mol. The van der Waals surface area contributed by atoms with Crippen LogP contribution in [0.5, 0.6) is 17.2 Å². The van der Waals surface area contributed by atoms with Gasteiger partial charge < -0.3 is 25.5 Å². The normalized spacial score (nSPS) is 12.2. The van der Waals surface area contributed by atoms with Crippen LogP contribution < -0.4 is 31.4 Å². The number of rotatable bonds is 7. The maximum atomic E-state index is 13.1. The summed E-state index contributed by atoms with van der Waals surface area (Å²) in [6.07, 6.45) is 6.24. The second kappa shape index (κ2) is 12.6. The number of carbonyl (C=O) groups excluding carboxylic acids is 1. The van der Waals surface area contributed by atoms with Gasteiger partial charge in [0.2, 0.25) is 0 Å². The summed E-state index contributed by atoms with van der Waals surface area (Å²) in [6.45, 7) is 5.92. The number of thioether (sulfide) groups is 1. The van der Waals surface area contributed by atoms with Crippen molar-refractivity contribution in [2.45, 2.75) is 25.7 Å². The number of nitrogens with zero attached hydrogens (tertiary/aromatic N) is 3. The molecule has 0 unspecified atom stereocenters. The number of carbonyl (C=O) groups is 1. The van der Waals surface area contributed by atoms with Crippen LogP contribution in [0.4, 0.5) is 16.2 Å². The monoisotopic (exact) mass is 573 g/mol. The van der Waals surface area contributed by atoms with E-state index in [4.69, 9.17) is 15.2 Å². The summed E-state index contributed by atoms with van der Waals surface area (Å²) in [5.41, 5.74) is 8.10. The molecule has 0 aliphatic heterocycles. The second-order valence-electron chi connectivity index (χ2n) is 9.84. The fourth-order valence-corrected chi connectivity index (χ4v) is 4.07. The number of hydrogen-bond donors (Lipinski definition) is 4. The number of hydrogen-bond acceptors (Lipinski definition) is 9. The highest BCUT2D eigenvalue weighted by atomic mass is 32.2. The molecule has 5 N–H and O–H groups in total. The molecule has 0 radical (unpaired) electrons. The molecule has 0 aliphatic rings. The van der Waals surface area contributed by atoms with Crippen molar-refractivity contribution in [3.05, 3.63) is 83.1 Å². The van der Waals surface area contributed by atoms with E-state index in [1.165, 1.54) is 24.2 Å². The highest BCUT2D eigenvalue weighted by Crippen LogP contribution is 2.33. The van der Waals surface area contributed by atoms with Crippen LogP contribution in [0.15, 0.2) is 87.4 Å². The van der Waals surface area contributed by atoms with Crippen LogP contribution in [-0.2, 0) is 0 Å². The number of methoxy groups -OCH3 is 1. The molecule has 41 heavy (non-hydrogen) atoms. The number of aromatic amines is 1. The van der Waals surface area contributed by atoms with Gasteiger partial charge in [0.25, 0.3) is 5.56 Å². The minimum Gasteiger partial charge on any atom is -0.497 e. The van der Waals surface area contributed by atoms with E-state index in [2.05, 4.69) is 30.6 Å². The number of fused-ring (bicyclic) bond motifs is 1. The Bertz CT molecular complexity index is 1680. The van der Waals surface area contributed by atoms with Crippen LogP contribution in [0.3, 0.4) is 0 Å². The van der Waals surface area contributed by atoms with Crippen molar-refractivity contribution in [1.29, 1.82) is 0 Å². The molecule has 4 rings (SSSR count). The lowest BCUT2D eigenvalue weighted by Crippen LogP contribution is -2.34. The topological polar surface area (TPSA) is 157 Å². The van der Waals surface area contributed by atoms with E-state index >= 15 is 0 Å². The van der Waals surface area contributed by atoms with Gasteiger partial charge in [-0.1, -0.05) is 20.8 Å². The minimum atomic E-state index is -0.493. The van der Waals surface area contributed by atoms with Crippen LogP contribution in [0.25, 0.3) is 11.2 Å². The maximum absolute atomic E-state index is 13.1. The molecule has 0 aliphatic carbocycles. The third-order valence-electron chi connectivity index (χ3n) is 5.81. The average Bonchev–Trinajstić information content (AvgIpc) is 2.93. The van der Waals surface area contributed by atoms with E-state index < -0.39 is 6.03 Å². The third-order valence-corrected chi connectivity index (χ3v) is 6.59. The number of ether oxygens (including phenoxy) is 2. The molecule has 12 heteroatoms. The molecular formula is C29H31N7O4S. The van der Waals surface area contributed by atoms with Crippen molar-refractivity contribution in [2.75, 3.05) is 18.7 Å². The summed E-state index contributed by atoms with van der Waals surface area (Å²) in [5, 5.41) is 5.68. The summed E-state index contributed by atoms with van der Waals surface area (Å²) in [5.74, 6) is 1.92. The molecule has 0 spiro atoms. The third kappa shape index (κ3) is 7.63. The molecule has 0 bridgehead atoms. The number of anilines is 1. The van der Waals surface area contributed by atoms with E-state index in [1.54, 1.807) is 61.7 Å². The smallest absolute Gasteiger partial charge is 0.324 e. The van der Waals surface area contributed by atoms with Crippen molar-refractivity contribution >= 4 is 46.2 Å². The van der Waals surface area contributed by atoms with E-state index in [1.807, 2.05) is 27.0 Å². The number of aromatic nitrogens is 3. The van der Waals surface area contributed by atoms with E-state index in [-0.39, 0.29) is 16.8 Å². The number of allylic oxidation sites excluding steroid dienone is 1. The van der Waals surface area contributed by atoms with Gasteiger partial charge in [0.05, 0.1) is 24.7 Å². The number of benzene rings is 2. The number of amides is 2. The van der Waals surface area contributed by atoms with Gasteiger partial charge in [-0.3, -0.25) is 10.1 Å². The summed E-state index contributed by atoms with van der Waals surface area (Å²) < 4.78 is 11.3. The second-order valence-corrected chi connectivity index (χ2v) is 10.7. The Balaban J connectivity index is 1.55. The zero-order chi connectivity index (χ0) is 29.6. The first-order valence-corrected chi connectivity index (χ1v) is 13.8. The van der Waals surface area contributed by atoms with E-state index in [0.29, 0.717) is 45.5 Å². The summed E-state index contributed by atoms with van der Waals surface area (Å²) in [7, 11) is 1.59. The minimum absolute atomic E-state index is 0.279. The Labute approximate surface area is 241 Å². The van der Waals surface area contributed by atoms with Gasteiger partial charge in [-0.2, -0.15) is 0 Å². The lowest BCUT2D eigenvalue weighted by atomic mass is 9.92. The van der Waals surface area contributed by atoms with Crippen LogP contribution in [-0.4, -0.2) is 40.2 Å². The molecule has 2 aromatic carbocycles. The highest BCUT2D eigenvalue weighted by molar-refractivity contribution is 7.98. The molecule has 0 saturated heterocycles. The fraction of sp³-hybridized carbons (Fsp3) is 0.207. The van der Waals surface area contributed by atoms with Gasteiger partial charge >= 0.3 is 6.03 Å². The molecule has 0 saturated carbocycles. The zero-order valence-corrected chi connectivity index (χ0v) is 24.1. The largest absolute Gasteiger partial charge is 0.497 e. The zero-order valence-electron chi connectivity index (χ0n) is 23.3. The fourth-order valence-electron chi connectivity index (χ4n) is 3.50. The van der Waals surface area contributed by atoms with Gasteiger partial charge in [0, 0.05) is 34.3 Å². The Morgan fingerprint density at radius 3 is 2.51 bits per heavy atom. The number of aliphatic imine (C=N–C) groups is 1. The molecule has 0 fully saturated rings. The lowest BCUT2D eigenvalue weighted by Gasteiger charge is -2.19. The van der Waals surface area contributed by atoms with Crippen molar-refractivity contribution in [2.24, 2.45) is 16.1 Å². The quantitative estimate of drug-likeness (QED) is 0.127. The number of pyridine rings is 1. The Morgan fingerprint density at radius 2 is 1.83 bits per heavy atom. The van der Waals surface area contributed by atoms with E-state index in [0.717, 1.165) is 4.90 Å². The first-order chi connectivity index (χ1) is 19.5. The van der Waals surface area contributed by atoms with Gasteiger partial charge in [-0.05, 0) is 48.7 Å². The van der Waals surface area contributed by atoms with Gasteiger partial charge in [-0.15, -0.1) is 11.8 Å².